The molecule has 0 bridgehead atoms. The normalized spacial score (nSPS) is 18.1. The van der Waals surface area contributed by atoms with Crippen LogP contribution in [0.25, 0.3) is 0 Å². The zero-order valence-corrected chi connectivity index (χ0v) is 11.7. The Hall–Kier alpha value is -0.770. The van der Waals surface area contributed by atoms with Gasteiger partial charge in [0.25, 0.3) is 0 Å². The van der Waals surface area contributed by atoms with Gasteiger partial charge in [-0.25, -0.2) is 0 Å². The first-order valence-corrected chi connectivity index (χ1v) is 6.91. The Bertz CT molecular complexity index is 389. The Morgan fingerprint density at radius 2 is 1.94 bits per heavy atom. The monoisotopic (exact) mass is 268 g/mol. The van der Waals surface area contributed by atoms with E-state index in [9.17, 15) is 5.11 Å². The van der Waals surface area contributed by atoms with Gasteiger partial charge in [0.05, 0.1) is 5.02 Å². The van der Waals surface area contributed by atoms with Crippen molar-refractivity contribution in [3.05, 3.63) is 28.8 Å². The van der Waals surface area contributed by atoms with E-state index < -0.39 is 0 Å². The summed E-state index contributed by atoms with van der Waals surface area (Å²) in [5, 5.41) is 9.80. The van der Waals surface area contributed by atoms with Crippen LogP contribution in [0.5, 0.6) is 5.75 Å². The molecule has 1 heterocycles. The summed E-state index contributed by atoms with van der Waals surface area (Å²) in [7, 11) is 2.18. The number of halogens is 1. The minimum Gasteiger partial charge on any atom is -0.506 e. The lowest BCUT2D eigenvalue weighted by Gasteiger charge is -2.32. The third-order valence-electron chi connectivity index (χ3n) is 3.55. The molecule has 18 heavy (non-hydrogen) atoms. The van der Waals surface area contributed by atoms with Crippen LogP contribution in [0.2, 0.25) is 5.02 Å². The molecule has 100 valence electrons. The Morgan fingerprint density at radius 3 is 2.61 bits per heavy atom. The fraction of sp³-hybridized carbons (Fsp3) is 0.571. The smallest absolute Gasteiger partial charge is 0.134 e. The summed E-state index contributed by atoms with van der Waals surface area (Å²) in [4.78, 5) is 4.89. The van der Waals surface area contributed by atoms with Crippen molar-refractivity contribution < 1.29 is 5.11 Å². The average molecular weight is 269 g/mol. The van der Waals surface area contributed by atoms with Gasteiger partial charge in [-0.05, 0) is 44.1 Å². The van der Waals surface area contributed by atoms with E-state index in [1.807, 2.05) is 12.1 Å². The largest absolute Gasteiger partial charge is 0.506 e. The molecule has 0 saturated carbocycles. The van der Waals surface area contributed by atoms with Crippen molar-refractivity contribution in [3.8, 4) is 5.75 Å². The van der Waals surface area contributed by atoms with Crippen LogP contribution in [0, 0.1) is 0 Å². The predicted molar refractivity (Wildman–Crippen MR) is 75.4 cm³/mol. The molecular weight excluding hydrogens is 248 g/mol. The molecule has 1 saturated heterocycles. The molecule has 0 aromatic heterocycles. The molecule has 3 nitrogen and oxygen atoms in total. The summed E-state index contributed by atoms with van der Waals surface area (Å²) < 4.78 is 0. The molecule has 0 amide bonds. The zero-order valence-electron chi connectivity index (χ0n) is 10.9. The molecular formula is C14H21ClN2O. The van der Waals surface area contributed by atoms with Gasteiger partial charge < -0.3 is 14.9 Å². The first-order valence-electron chi connectivity index (χ1n) is 6.53. The van der Waals surface area contributed by atoms with Crippen LogP contribution in [0.1, 0.15) is 12.0 Å². The number of phenols is 1. The highest BCUT2D eigenvalue weighted by Gasteiger charge is 2.12. The number of benzene rings is 1. The molecule has 0 radical (unpaired) electrons. The van der Waals surface area contributed by atoms with Crippen LogP contribution in [0.3, 0.4) is 0 Å². The summed E-state index contributed by atoms with van der Waals surface area (Å²) in [6.07, 6.45) is 2.16. The Balaban J connectivity index is 1.73. The van der Waals surface area contributed by atoms with Crippen molar-refractivity contribution in [1.82, 2.24) is 9.80 Å². The highest BCUT2D eigenvalue weighted by Crippen LogP contribution is 2.24. The Morgan fingerprint density at radius 1 is 1.22 bits per heavy atom. The van der Waals surface area contributed by atoms with Gasteiger partial charge in [-0.15, -0.1) is 0 Å². The molecule has 1 aromatic carbocycles. The first kappa shape index (κ1) is 13.7. The van der Waals surface area contributed by atoms with Crippen LogP contribution >= 0.6 is 11.6 Å². The molecule has 0 aliphatic carbocycles. The van der Waals surface area contributed by atoms with Gasteiger partial charge in [0.2, 0.25) is 0 Å². The molecule has 2 rings (SSSR count). The SMILES string of the molecule is CN1CCN(CCCc2ccc(O)c(Cl)c2)CC1. The molecule has 1 aliphatic heterocycles. The number of hydrogen-bond acceptors (Lipinski definition) is 3. The zero-order chi connectivity index (χ0) is 13.0. The standard InChI is InChI=1S/C14H21ClN2O/c1-16-7-9-17(10-8-16)6-2-3-12-4-5-14(18)13(15)11-12/h4-5,11,18H,2-3,6-10H2,1H3. The molecule has 1 fully saturated rings. The molecule has 1 aromatic rings. The number of aryl methyl sites for hydroxylation is 1. The van der Waals surface area contributed by atoms with Gasteiger partial charge in [-0.1, -0.05) is 17.7 Å². The summed E-state index contributed by atoms with van der Waals surface area (Å²) in [6.45, 7) is 5.84. The summed E-state index contributed by atoms with van der Waals surface area (Å²) in [6, 6.07) is 5.49. The molecule has 1 N–H and O–H groups in total. The maximum Gasteiger partial charge on any atom is 0.134 e. The van der Waals surface area contributed by atoms with Crippen LogP contribution in [-0.4, -0.2) is 54.7 Å². The van der Waals surface area contributed by atoms with E-state index in [0.29, 0.717) is 5.02 Å². The Labute approximate surface area is 114 Å². The maximum atomic E-state index is 9.35. The third-order valence-corrected chi connectivity index (χ3v) is 3.85. The quantitative estimate of drug-likeness (QED) is 0.907. The van der Waals surface area contributed by atoms with Crippen LogP contribution in [-0.2, 0) is 6.42 Å². The topological polar surface area (TPSA) is 26.7 Å². The Kier molecular flexibility index (Phi) is 4.87. The highest BCUT2D eigenvalue weighted by atomic mass is 35.5. The second-order valence-electron chi connectivity index (χ2n) is 5.03. The molecule has 0 atom stereocenters. The fourth-order valence-corrected chi connectivity index (χ4v) is 2.49. The van der Waals surface area contributed by atoms with E-state index in [0.717, 1.165) is 19.4 Å². The second kappa shape index (κ2) is 6.41. The number of nitrogens with zero attached hydrogens (tertiary/aromatic N) is 2. The molecule has 4 heteroatoms. The van der Waals surface area contributed by atoms with Crippen LogP contribution in [0.4, 0.5) is 0 Å². The van der Waals surface area contributed by atoms with Gasteiger partial charge in [-0.2, -0.15) is 0 Å². The van der Waals surface area contributed by atoms with Gasteiger partial charge in [0.15, 0.2) is 0 Å². The van der Waals surface area contributed by atoms with Gasteiger partial charge in [-0.3, -0.25) is 0 Å². The average Bonchev–Trinajstić information content (AvgIpc) is 2.36. The number of rotatable bonds is 4. The number of phenolic OH excluding ortho intramolecular Hbond substituents is 1. The van der Waals surface area contributed by atoms with E-state index in [4.69, 9.17) is 11.6 Å². The van der Waals surface area contributed by atoms with Crippen molar-refractivity contribution in [1.29, 1.82) is 0 Å². The third kappa shape index (κ3) is 3.87. The van der Waals surface area contributed by atoms with E-state index in [2.05, 4.69) is 16.8 Å². The van der Waals surface area contributed by atoms with E-state index in [1.54, 1.807) is 6.07 Å². The second-order valence-corrected chi connectivity index (χ2v) is 5.44. The number of hydrogen-bond donors (Lipinski definition) is 1. The minimum absolute atomic E-state index is 0.166. The number of likely N-dealkylation sites (N-methyl/N-ethyl adjacent to an activating group) is 1. The van der Waals surface area contributed by atoms with Gasteiger partial charge >= 0.3 is 0 Å². The molecule has 1 aliphatic rings. The van der Waals surface area contributed by atoms with E-state index >= 15 is 0 Å². The lowest BCUT2D eigenvalue weighted by atomic mass is 10.1. The van der Waals surface area contributed by atoms with Gasteiger partial charge in [0, 0.05) is 26.2 Å². The van der Waals surface area contributed by atoms with Crippen LogP contribution in [0.15, 0.2) is 18.2 Å². The maximum absolute atomic E-state index is 9.35. The summed E-state index contributed by atoms with van der Waals surface area (Å²) in [5.41, 5.74) is 1.20. The van der Waals surface area contributed by atoms with E-state index in [-0.39, 0.29) is 5.75 Å². The summed E-state index contributed by atoms with van der Waals surface area (Å²) in [5.74, 6) is 0.166. The van der Waals surface area contributed by atoms with Crippen molar-refractivity contribution in [2.24, 2.45) is 0 Å². The van der Waals surface area contributed by atoms with E-state index in [1.165, 1.54) is 31.7 Å². The van der Waals surface area contributed by atoms with Crippen molar-refractivity contribution in [2.45, 2.75) is 12.8 Å². The number of piperazine rings is 1. The molecule has 0 spiro atoms. The predicted octanol–water partition coefficient (Wildman–Crippen LogP) is 2.23. The lowest BCUT2D eigenvalue weighted by molar-refractivity contribution is 0.153. The van der Waals surface area contributed by atoms with Gasteiger partial charge in [0.1, 0.15) is 5.75 Å². The minimum atomic E-state index is 0.166. The van der Waals surface area contributed by atoms with Crippen molar-refractivity contribution in [3.63, 3.8) is 0 Å². The number of aromatic hydroxyl groups is 1. The van der Waals surface area contributed by atoms with Crippen molar-refractivity contribution >= 4 is 11.6 Å². The lowest BCUT2D eigenvalue weighted by Crippen LogP contribution is -2.44. The van der Waals surface area contributed by atoms with Crippen LogP contribution < -0.4 is 0 Å². The summed E-state index contributed by atoms with van der Waals surface area (Å²) >= 11 is 5.89. The first-order chi connectivity index (χ1) is 8.65. The fourth-order valence-electron chi connectivity index (χ4n) is 2.28. The van der Waals surface area contributed by atoms with Crippen molar-refractivity contribution in [2.75, 3.05) is 39.8 Å². The highest BCUT2D eigenvalue weighted by molar-refractivity contribution is 6.32. The molecule has 0 unspecified atom stereocenters.